The second kappa shape index (κ2) is 6.46. The van der Waals surface area contributed by atoms with Crippen molar-refractivity contribution in [3.8, 4) is 5.75 Å². The van der Waals surface area contributed by atoms with Crippen molar-refractivity contribution in [3.63, 3.8) is 0 Å². The number of benzene rings is 2. The van der Waals surface area contributed by atoms with Crippen LogP contribution in [0.5, 0.6) is 5.75 Å². The lowest BCUT2D eigenvalue weighted by Crippen LogP contribution is -2.15. The third kappa shape index (κ3) is 2.72. The van der Waals surface area contributed by atoms with Gasteiger partial charge in [0.2, 0.25) is 0 Å². The normalized spacial score (nSPS) is 12.3. The van der Waals surface area contributed by atoms with Crippen molar-refractivity contribution in [2.75, 3.05) is 0 Å². The van der Waals surface area contributed by atoms with Crippen LogP contribution in [0.1, 0.15) is 34.5 Å². The minimum absolute atomic E-state index is 0.0697. The fraction of sp³-hybridized carbons (Fsp3) is 0.158. The van der Waals surface area contributed by atoms with Gasteiger partial charge in [-0.3, -0.25) is 14.2 Å². The highest BCUT2D eigenvalue weighted by molar-refractivity contribution is 6.30. The van der Waals surface area contributed by atoms with Gasteiger partial charge in [0, 0.05) is 21.7 Å². The molecule has 0 saturated heterocycles. The van der Waals surface area contributed by atoms with Crippen molar-refractivity contribution in [2.24, 2.45) is 0 Å². The molecule has 3 aromatic rings. The smallest absolute Gasteiger partial charge is 0.310 e. The van der Waals surface area contributed by atoms with E-state index in [0.29, 0.717) is 16.3 Å². The molecule has 0 radical (unpaired) electrons. The Morgan fingerprint density at radius 3 is 2.35 bits per heavy atom. The Bertz CT molecular complexity index is 1040. The molecule has 0 fully saturated rings. The van der Waals surface area contributed by atoms with Crippen LogP contribution in [-0.2, 0) is 4.79 Å². The number of carboxylic acid groups (broad SMARTS) is 1. The molecule has 2 aromatic carbocycles. The van der Waals surface area contributed by atoms with Gasteiger partial charge < -0.3 is 10.2 Å². The molecule has 1 aromatic heterocycles. The second-order valence-electron chi connectivity index (χ2n) is 6.00. The molecule has 0 bridgehead atoms. The molecule has 0 aliphatic carbocycles. The van der Waals surface area contributed by atoms with E-state index in [9.17, 15) is 24.2 Å². The van der Waals surface area contributed by atoms with Crippen LogP contribution < -0.4 is 0 Å². The Labute approximate surface area is 153 Å². The summed E-state index contributed by atoms with van der Waals surface area (Å²) in [5.74, 6) is -4.22. The van der Waals surface area contributed by atoms with Crippen LogP contribution in [0.2, 0.25) is 5.02 Å². The van der Waals surface area contributed by atoms with Crippen LogP contribution in [0, 0.1) is 12.7 Å². The zero-order valence-corrected chi connectivity index (χ0v) is 14.7. The molecule has 0 amide bonds. The molecule has 3 rings (SSSR count). The summed E-state index contributed by atoms with van der Waals surface area (Å²) in [6.45, 7) is 2.96. The summed E-state index contributed by atoms with van der Waals surface area (Å²) < 4.78 is 15.9. The third-order valence-electron chi connectivity index (χ3n) is 4.43. The number of halogens is 2. The van der Waals surface area contributed by atoms with Crippen LogP contribution in [0.15, 0.2) is 36.4 Å². The minimum Gasteiger partial charge on any atom is -0.505 e. The zero-order chi connectivity index (χ0) is 19.2. The number of phenolic OH excluding ortho intramolecular Hbond substituents is 1. The first-order valence-corrected chi connectivity index (χ1v) is 8.17. The number of rotatable bonds is 3. The van der Waals surface area contributed by atoms with Crippen molar-refractivity contribution < 1.29 is 24.2 Å². The van der Waals surface area contributed by atoms with E-state index in [0.717, 1.165) is 6.07 Å². The highest BCUT2D eigenvalue weighted by Crippen LogP contribution is 2.37. The van der Waals surface area contributed by atoms with Crippen molar-refractivity contribution >= 4 is 34.4 Å². The number of carbonyl (C=O) groups excluding carboxylic acids is 1. The summed E-state index contributed by atoms with van der Waals surface area (Å²) in [4.78, 5) is 24.5. The summed E-state index contributed by atoms with van der Waals surface area (Å²) in [5, 5.41) is 19.5. The molecule has 7 heteroatoms. The lowest BCUT2D eigenvalue weighted by Gasteiger charge is -2.09. The summed E-state index contributed by atoms with van der Waals surface area (Å²) in [5.41, 5.74) is 0.973. The number of hydrogen-bond donors (Lipinski definition) is 2. The van der Waals surface area contributed by atoms with Crippen LogP contribution in [0.25, 0.3) is 10.9 Å². The molecule has 0 saturated carbocycles. The SMILES string of the molecule is Cc1c(C(C)C(=O)O)c2c(F)c(O)ccc2n1C(=O)c1ccc(Cl)cc1. The van der Waals surface area contributed by atoms with E-state index >= 15 is 0 Å². The van der Waals surface area contributed by atoms with Gasteiger partial charge >= 0.3 is 5.97 Å². The Balaban J connectivity index is 2.34. The number of aromatic hydroxyl groups is 1. The van der Waals surface area contributed by atoms with Gasteiger partial charge in [0.15, 0.2) is 11.6 Å². The van der Waals surface area contributed by atoms with Crippen molar-refractivity contribution in [1.82, 2.24) is 4.57 Å². The number of carbonyl (C=O) groups is 2. The molecule has 1 unspecified atom stereocenters. The molecule has 0 aliphatic heterocycles. The molecule has 5 nitrogen and oxygen atoms in total. The maximum atomic E-state index is 14.6. The van der Waals surface area contributed by atoms with Crippen LogP contribution >= 0.6 is 11.6 Å². The van der Waals surface area contributed by atoms with E-state index in [2.05, 4.69) is 0 Å². The number of fused-ring (bicyclic) bond motifs is 1. The summed E-state index contributed by atoms with van der Waals surface area (Å²) in [6.07, 6.45) is 0. The Morgan fingerprint density at radius 2 is 1.77 bits per heavy atom. The molecule has 1 heterocycles. The third-order valence-corrected chi connectivity index (χ3v) is 4.68. The van der Waals surface area contributed by atoms with E-state index in [1.807, 2.05) is 0 Å². The average Bonchev–Trinajstić information content (AvgIpc) is 2.90. The molecular formula is C19H15ClFNO4. The van der Waals surface area contributed by atoms with Crippen LogP contribution in [0.3, 0.4) is 0 Å². The number of hydrogen-bond acceptors (Lipinski definition) is 3. The molecule has 2 N–H and O–H groups in total. The first-order valence-electron chi connectivity index (χ1n) is 7.79. The monoisotopic (exact) mass is 375 g/mol. The predicted molar refractivity (Wildman–Crippen MR) is 95.5 cm³/mol. The minimum atomic E-state index is -1.16. The van der Waals surface area contributed by atoms with Gasteiger partial charge in [-0.1, -0.05) is 11.6 Å². The van der Waals surface area contributed by atoms with Crippen molar-refractivity contribution in [1.29, 1.82) is 0 Å². The molecule has 0 spiro atoms. The molecular weight excluding hydrogens is 361 g/mol. The van der Waals surface area contributed by atoms with E-state index in [1.54, 1.807) is 19.1 Å². The van der Waals surface area contributed by atoms with Crippen molar-refractivity contribution in [3.05, 3.63) is 64.1 Å². The second-order valence-corrected chi connectivity index (χ2v) is 6.44. The molecule has 1 atom stereocenters. The first kappa shape index (κ1) is 17.9. The maximum absolute atomic E-state index is 14.6. The summed E-state index contributed by atoms with van der Waals surface area (Å²) in [6, 6.07) is 8.72. The fourth-order valence-corrected chi connectivity index (χ4v) is 3.24. The van der Waals surface area contributed by atoms with Gasteiger partial charge in [-0.2, -0.15) is 0 Å². The zero-order valence-electron chi connectivity index (χ0n) is 14.0. The van der Waals surface area contributed by atoms with Gasteiger partial charge in [-0.25, -0.2) is 4.39 Å². The van der Waals surface area contributed by atoms with Crippen molar-refractivity contribution in [2.45, 2.75) is 19.8 Å². The number of carboxylic acids is 1. The van der Waals surface area contributed by atoms with Gasteiger partial charge in [-0.15, -0.1) is 0 Å². The van der Waals surface area contributed by atoms with E-state index in [-0.39, 0.29) is 16.5 Å². The molecule has 0 aliphatic rings. The number of aromatic nitrogens is 1. The van der Waals surface area contributed by atoms with E-state index in [1.165, 1.54) is 29.7 Å². The van der Waals surface area contributed by atoms with Gasteiger partial charge in [0.1, 0.15) is 0 Å². The van der Waals surface area contributed by atoms with Gasteiger partial charge in [-0.05, 0) is 55.8 Å². The molecule has 26 heavy (non-hydrogen) atoms. The Kier molecular flexibility index (Phi) is 4.46. The standard InChI is InChI=1S/C19H15ClFNO4/c1-9(19(25)26)15-10(2)22(13-7-8-14(23)17(21)16(13)15)18(24)11-3-5-12(20)6-4-11/h3-9,23H,1-2H3,(H,25,26). The van der Waals surface area contributed by atoms with Gasteiger partial charge in [0.05, 0.1) is 11.4 Å². The Hall–Kier alpha value is -2.86. The lowest BCUT2D eigenvalue weighted by molar-refractivity contribution is -0.138. The average molecular weight is 376 g/mol. The lowest BCUT2D eigenvalue weighted by atomic mass is 9.97. The largest absolute Gasteiger partial charge is 0.505 e. The highest BCUT2D eigenvalue weighted by Gasteiger charge is 2.29. The Morgan fingerprint density at radius 1 is 1.15 bits per heavy atom. The topological polar surface area (TPSA) is 79.5 Å². The van der Waals surface area contributed by atoms with E-state index in [4.69, 9.17) is 11.6 Å². The molecule has 134 valence electrons. The maximum Gasteiger partial charge on any atom is 0.310 e. The number of aliphatic carboxylic acids is 1. The number of nitrogens with zero attached hydrogens (tertiary/aromatic N) is 1. The summed E-state index contributed by atoms with van der Waals surface area (Å²) in [7, 11) is 0. The quantitative estimate of drug-likeness (QED) is 0.714. The fourth-order valence-electron chi connectivity index (χ4n) is 3.12. The predicted octanol–water partition coefficient (Wildman–Crippen LogP) is 4.32. The van der Waals surface area contributed by atoms with Crippen LogP contribution in [0.4, 0.5) is 4.39 Å². The highest BCUT2D eigenvalue weighted by atomic mass is 35.5. The van der Waals surface area contributed by atoms with Gasteiger partial charge in [0.25, 0.3) is 5.91 Å². The first-order chi connectivity index (χ1) is 12.2. The van der Waals surface area contributed by atoms with E-state index < -0.39 is 29.4 Å². The van der Waals surface area contributed by atoms with Crippen LogP contribution in [-0.4, -0.2) is 26.7 Å². The number of phenols is 1. The summed E-state index contributed by atoms with van der Waals surface area (Å²) >= 11 is 5.85.